The van der Waals surface area contributed by atoms with E-state index in [1.165, 1.54) is 98.7 Å². The van der Waals surface area contributed by atoms with Crippen LogP contribution in [0.3, 0.4) is 0 Å². The summed E-state index contributed by atoms with van der Waals surface area (Å²) < 4.78 is 0. The molecule has 0 nitrogen and oxygen atoms in total. The number of hydrogen-bond acceptors (Lipinski definition) is 0. The fourth-order valence-corrected chi connectivity index (χ4v) is 8.50. The van der Waals surface area contributed by atoms with Gasteiger partial charge >= 0.3 is 0 Å². The van der Waals surface area contributed by atoms with Gasteiger partial charge in [0.05, 0.1) is 0 Å². The Bertz CT molecular complexity index is 2300. The molecule has 0 saturated carbocycles. The first-order chi connectivity index (χ1) is 21.8. The third-order valence-electron chi connectivity index (χ3n) is 10.5. The van der Waals surface area contributed by atoms with Gasteiger partial charge in [-0.05, 0) is 124 Å². The first kappa shape index (κ1) is 24.3. The highest BCUT2D eigenvalue weighted by atomic mass is 14.2. The molecule has 2 aliphatic carbocycles. The molecule has 0 fully saturated rings. The molecule has 0 heterocycles. The van der Waals surface area contributed by atoms with Gasteiger partial charge in [-0.3, -0.25) is 0 Å². The van der Waals surface area contributed by atoms with Crippen LogP contribution in [0.1, 0.15) is 22.3 Å². The third kappa shape index (κ3) is 3.34. The maximum atomic E-state index is 2.36. The van der Waals surface area contributed by atoms with Crippen molar-refractivity contribution in [3.63, 3.8) is 0 Å². The summed E-state index contributed by atoms with van der Waals surface area (Å²) in [7, 11) is 0. The van der Waals surface area contributed by atoms with Gasteiger partial charge in [-0.2, -0.15) is 0 Å². The Morgan fingerprint density at radius 1 is 0.227 bits per heavy atom. The summed E-state index contributed by atoms with van der Waals surface area (Å²) in [6, 6.07) is 50.6. The minimum absolute atomic E-state index is 1.15. The number of benzene rings is 8. The zero-order valence-corrected chi connectivity index (χ0v) is 24.5. The second-order valence-electron chi connectivity index (χ2n) is 12.6. The maximum absolute atomic E-state index is 2.36. The lowest BCUT2D eigenvalue weighted by atomic mass is 9.86. The minimum Gasteiger partial charge on any atom is -0.0616 e. The molecule has 0 spiro atoms. The number of rotatable bonds is 3. The number of aryl methyl sites for hydroxylation is 4. The Morgan fingerprint density at radius 2 is 0.500 bits per heavy atom. The van der Waals surface area contributed by atoms with E-state index in [1.807, 2.05) is 0 Å². The van der Waals surface area contributed by atoms with Crippen molar-refractivity contribution < 1.29 is 0 Å². The zero-order chi connectivity index (χ0) is 28.8. The Kier molecular flexibility index (Phi) is 5.05. The lowest BCUT2D eigenvalue weighted by molar-refractivity contribution is 1.02. The lowest BCUT2D eigenvalue weighted by Crippen LogP contribution is -1.91. The molecule has 0 aliphatic heterocycles. The van der Waals surface area contributed by atoms with Crippen LogP contribution in [0.25, 0.3) is 76.5 Å². The molecule has 8 aromatic rings. The van der Waals surface area contributed by atoms with Gasteiger partial charge in [-0.1, -0.05) is 133 Å². The highest BCUT2D eigenvalue weighted by Crippen LogP contribution is 2.45. The van der Waals surface area contributed by atoms with Crippen LogP contribution in [0.4, 0.5) is 0 Å². The molecule has 0 unspecified atom stereocenters. The van der Waals surface area contributed by atoms with Crippen LogP contribution in [0, 0.1) is 0 Å². The molecule has 0 heteroatoms. The van der Waals surface area contributed by atoms with E-state index in [-0.39, 0.29) is 0 Å². The summed E-state index contributed by atoms with van der Waals surface area (Å²) >= 11 is 0. The fraction of sp³-hybridized carbons (Fsp3) is 0.0909. The van der Waals surface area contributed by atoms with E-state index in [2.05, 4.69) is 133 Å². The van der Waals surface area contributed by atoms with Crippen LogP contribution in [0.15, 0.2) is 133 Å². The number of hydrogen-bond donors (Lipinski definition) is 0. The highest BCUT2D eigenvalue weighted by Gasteiger charge is 2.20. The van der Waals surface area contributed by atoms with Crippen molar-refractivity contribution in [1.29, 1.82) is 0 Å². The summed E-state index contributed by atoms with van der Waals surface area (Å²) in [5, 5.41) is 10.9. The van der Waals surface area contributed by atoms with E-state index < -0.39 is 0 Å². The van der Waals surface area contributed by atoms with E-state index >= 15 is 0 Å². The summed E-state index contributed by atoms with van der Waals surface area (Å²) in [4.78, 5) is 0. The van der Waals surface area contributed by atoms with E-state index in [0.717, 1.165) is 25.7 Å². The van der Waals surface area contributed by atoms with Crippen molar-refractivity contribution in [3.05, 3.63) is 156 Å². The van der Waals surface area contributed by atoms with E-state index in [1.54, 1.807) is 0 Å². The molecule has 0 aromatic heterocycles. The molecule has 0 saturated heterocycles. The van der Waals surface area contributed by atoms with Gasteiger partial charge in [-0.25, -0.2) is 0 Å². The molecule has 0 atom stereocenters. The Hall–Kier alpha value is -5.20. The summed E-state index contributed by atoms with van der Waals surface area (Å²) in [5.41, 5.74) is 13.8. The topological polar surface area (TPSA) is 0 Å². The highest BCUT2D eigenvalue weighted by molar-refractivity contribution is 6.16. The monoisotopic (exact) mass is 558 g/mol. The standard InChI is InChI=1S/C44H30/c1-3-11-33-31(9-1)35(23-25-37(33)39-21-19-29-17-15-27-7-5-13-41(39)43(27)29)36-24-26-38(34-12-4-2-10-32(34)36)40-22-20-30-18-16-28-8-6-14-42(40)44(28)30/h1-14,19-26H,15-18H2. The molecule has 206 valence electrons. The largest absolute Gasteiger partial charge is 0.0616 e. The van der Waals surface area contributed by atoms with Crippen LogP contribution in [0.5, 0.6) is 0 Å². The molecule has 10 rings (SSSR count). The van der Waals surface area contributed by atoms with Gasteiger partial charge in [0.1, 0.15) is 0 Å². The predicted molar refractivity (Wildman–Crippen MR) is 188 cm³/mol. The summed E-state index contributed by atoms with van der Waals surface area (Å²) in [6.07, 6.45) is 4.61. The summed E-state index contributed by atoms with van der Waals surface area (Å²) in [5.74, 6) is 0. The quantitative estimate of drug-likeness (QED) is 0.202. The number of fused-ring (bicyclic) bond motifs is 2. The molecule has 44 heavy (non-hydrogen) atoms. The van der Waals surface area contributed by atoms with Gasteiger partial charge in [0.25, 0.3) is 0 Å². The first-order valence-electron chi connectivity index (χ1n) is 15.9. The van der Waals surface area contributed by atoms with E-state index in [0.29, 0.717) is 0 Å². The van der Waals surface area contributed by atoms with Crippen molar-refractivity contribution in [3.8, 4) is 33.4 Å². The van der Waals surface area contributed by atoms with Crippen LogP contribution >= 0.6 is 0 Å². The van der Waals surface area contributed by atoms with Crippen LogP contribution in [-0.2, 0) is 25.7 Å². The maximum Gasteiger partial charge on any atom is -0.00987 e. The Balaban J connectivity index is 1.20. The smallest absolute Gasteiger partial charge is 0.00987 e. The Labute approximate surface area is 257 Å². The van der Waals surface area contributed by atoms with Crippen LogP contribution in [-0.4, -0.2) is 0 Å². The third-order valence-corrected chi connectivity index (χ3v) is 10.5. The van der Waals surface area contributed by atoms with Crippen molar-refractivity contribution in [2.75, 3.05) is 0 Å². The summed E-state index contributed by atoms with van der Waals surface area (Å²) in [6.45, 7) is 0. The second kappa shape index (κ2) is 9.15. The lowest BCUT2D eigenvalue weighted by Gasteiger charge is -2.17. The minimum atomic E-state index is 1.15. The van der Waals surface area contributed by atoms with Gasteiger partial charge in [0.2, 0.25) is 0 Å². The zero-order valence-electron chi connectivity index (χ0n) is 24.5. The van der Waals surface area contributed by atoms with E-state index in [4.69, 9.17) is 0 Å². The van der Waals surface area contributed by atoms with Gasteiger partial charge in [0, 0.05) is 0 Å². The van der Waals surface area contributed by atoms with E-state index in [9.17, 15) is 0 Å². The van der Waals surface area contributed by atoms with Crippen molar-refractivity contribution in [2.24, 2.45) is 0 Å². The molecular formula is C44H30. The normalized spacial score (nSPS) is 13.5. The Morgan fingerprint density at radius 3 is 0.864 bits per heavy atom. The molecular weight excluding hydrogens is 528 g/mol. The van der Waals surface area contributed by atoms with Gasteiger partial charge < -0.3 is 0 Å². The van der Waals surface area contributed by atoms with Gasteiger partial charge in [0.15, 0.2) is 0 Å². The molecule has 0 N–H and O–H groups in total. The van der Waals surface area contributed by atoms with Crippen LogP contribution < -0.4 is 0 Å². The van der Waals surface area contributed by atoms with Crippen molar-refractivity contribution in [2.45, 2.75) is 25.7 Å². The van der Waals surface area contributed by atoms with Crippen molar-refractivity contribution >= 4 is 43.1 Å². The van der Waals surface area contributed by atoms with Crippen molar-refractivity contribution in [1.82, 2.24) is 0 Å². The van der Waals surface area contributed by atoms with Crippen LogP contribution in [0.2, 0.25) is 0 Å². The second-order valence-corrected chi connectivity index (χ2v) is 12.6. The molecule has 0 radical (unpaired) electrons. The molecule has 0 amide bonds. The SMILES string of the molecule is c1ccc2c(-c3ccc4c5c(cccc35)CC4)ccc(-c3ccc(-c4ccc5c6c(cccc46)CC5)c4ccccc34)c2c1. The molecule has 8 aromatic carbocycles. The average molecular weight is 559 g/mol. The molecule has 0 bridgehead atoms. The fourth-order valence-electron chi connectivity index (χ4n) is 8.50. The van der Waals surface area contributed by atoms with Gasteiger partial charge in [-0.15, -0.1) is 0 Å². The average Bonchev–Trinajstić information content (AvgIpc) is 3.71. The first-order valence-corrected chi connectivity index (χ1v) is 15.9. The molecule has 2 aliphatic rings. The predicted octanol–water partition coefficient (Wildman–Crippen LogP) is 11.5.